The second-order valence-electron chi connectivity index (χ2n) is 7.90. The predicted octanol–water partition coefficient (Wildman–Crippen LogP) is 1.56. The molecular formula is C20H24N6O3S. The predicted molar refractivity (Wildman–Crippen MR) is 110 cm³/mol. The first kappa shape index (κ1) is 20.5. The van der Waals surface area contributed by atoms with Crippen molar-refractivity contribution in [3.05, 3.63) is 29.3 Å². The van der Waals surface area contributed by atoms with E-state index in [-0.39, 0.29) is 24.1 Å². The zero-order chi connectivity index (χ0) is 21.3. The molecule has 1 aromatic carbocycles. The summed E-state index contributed by atoms with van der Waals surface area (Å²) in [5.41, 5.74) is 2.09. The standard InChI is InChI=1S/C20H24N6O3S/c1-13-6-7-15(14(2)10-13)26-19(22-23-24-26)30-12-17(28)25-11-16(27)21-18(29)20(25)8-4-3-5-9-20/h6-7,10H,3-5,8-9,11-12H2,1-2H3,(H,21,27,29). The maximum atomic E-state index is 13.1. The van der Waals surface area contributed by atoms with Crippen LogP contribution in [0.2, 0.25) is 0 Å². The lowest BCUT2D eigenvalue weighted by Gasteiger charge is -2.47. The zero-order valence-corrected chi connectivity index (χ0v) is 17.9. The number of nitrogens with one attached hydrogen (secondary N) is 1. The van der Waals surface area contributed by atoms with Gasteiger partial charge in [-0.3, -0.25) is 19.7 Å². The summed E-state index contributed by atoms with van der Waals surface area (Å²) < 4.78 is 1.61. The summed E-state index contributed by atoms with van der Waals surface area (Å²) in [6.07, 6.45) is 3.93. The van der Waals surface area contributed by atoms with Crippen molar-refractivity contribution < 1.29 is 14.4 Å². The second-order valence-corrected chi connectivity index (χ2v) is 8.84. The number of aromatic nitrogens is 4. The molecular weight excluding hydrogens is 404 g/mol. The van der Waals surface area contributed by atoms with E-state index in [1.165, 1.54) is 16.7 Å². The van der Waals surface area contributed by atoms with Crippen molar-refractivity contribution in [1.29, 1.82) is 0 Å². The fourth-order valence-electron chi connectivity index (χ4n) is 4.33. The van der Waals surface area contributed by atoms with E-state index in [1.54, 1.807) is 4.68 Å². The van der Waals surface area contributed by atoms with Crippen LogP contribution in [0.5, 0.6) is 0 Å². The molecule has 0 radical (unpaired) electrons. The van der Waals surface area contributed by atoms with Gasteiger partial charge in [0.25, 0.3) is 5.91 Å². The maximum Gasteiger partial charge on any atom is 0.252 e. The van der Waals surface area contributed by atoms with Gasteiger partial charge in [0.1, 0.15) is 12.1 Å². The first-order valence-electron chi connectivity index (χ1n) is 10.0. The highest BCUT2D eigenvalue weighted by Crippen LogP contribution is 2.36. The van der Waals surface area contributed by atoms with Crippen LogP contribution in [0.15, 0.2) is 23.4 Å². The van der Waals surface area contributed by atoms with Gasteiger partial charge >= 0.3 is 0 Å². The van der Waals surface area contributed by atoms with E-state index in [2.05, 4.69) is 20.8 Å². The number of amides is 3. The van der Waals surface area contributed by atoms with E-state index >= 15 is 0 Å². The Morgan fingerprint density at radius 3 is 2.70 bits per heavy atom. The Balaban J connectivity index is 1.53. The van der Waals surface area contributed by atoms with Crippen LogP contribution in [-0.4, -0.2) is 60.7 Å². The number of rotatable bonds is 4. The van der Waals surface area contributed by atoms with Crippen LogP contribution in [0.3, 0.4) is 0 Å². The van der Waals surface area contributed by atoms with Gasteiger partial charge in [0.15, 0.2) is 0 Å². The van der Waals surface area contributed by atoms with Gasteiger partial charge in [-0.1, -0.05) is 48.7 Å². The van der Waals surface area contributed by atoms with Crippen LogP contribution in [0.25, 0.3) is 5.69 Å². The number of hydrogen-bond acceptors (Lipinski definition) is 7. The Morgan fingerprint density at radius 2 is 1.97 bits per heavy atom. The Morgan fingerprint density at radius 1 is 1.20 bits per heavy atom. The van der Waals surface area contributed by atoms with Crippen LogP contribution in [0.4, 0.5) is 0 Å². The molecule has 2 heterocycles. The third-order valence-electron chi connectivity index (χ3n) is 5.82. The van der Waals surface area contributed by atoms with Gasteiger partial charge in [0, 0.05) is 0 Å². The first-order chi connectivity index (χ1) is 14.4. The molecule has 0 unspecified atom stereocenters. The quantitative estimate of drug-likeness (QED) is 0.581. The molecule has 1 saturated carbocycles. The van der Waals surface area contributed by atoms with Gasteiger partial charge in [-0.05, 0) is 48.7 Å². The van der Waals surface area contributed by atoms with Crippen molar-refractivity contribution in [3.63, 3.8) is 0 Å². The number of thioether (sulfide) groups is 1. The number of nitrogens with zero attached hydrogens (tertiary/aromatic N) is 5. The average molecular weight is 429 g/mol. The summed E-state index contributed by atoms with van der Waals surface area (Å²) in [6.45, 7) is 3.91. The van der Waals surface area contributed by atoms with Crippen LogP contribution < -0.4 is 5.32 Å². The fraction of sp³-hybridized carbons (Fsp3) is 0.500. The SMILES string of the molecule is Cc1ccc(-n2nnnc2SCC(=O)N2CC(=O)NC(=O)C23CCCCC3)c(C)c1. The third-order valence-corrected chi connectivity index (χ3v) is 6.73. The van der Waals surface area contributed by atoms with E-state index in [0.717, 1.165) is 36.1 Å². The smallest absolute Gasteiger partial charge is 0.252 e. The maximum absolute atomic E-state index is 13.1. The Hall–Kier alpha value is -2.75. The number of benzene rings is 1. The number of aryl methyl sites for hydroxylation is 2. The first-order valence-corrected chi connectivity index (χ1v) is 11.0. The molecule has 1 aliphatic carbocycles. The van der Waals surface area contributed by atoms with Crippen molar-refractivity contribution in [2.75, 3.05) is 12.3 Å². The number of imide groups is 1. The third kappa shape index (κ3) is 3.71. The van der Waals surface area contributed by atoms with E-state index in [1.807, 2.05) is 32.0 Å². The van der Waals surface area contributed by atoms with Crippen molar-refractivity contribution in [2.24, 2.45) is 0 Å². The normalized spacial score (nSPS) is 18.5. The number of piperazine rings is 1. The molecule has 1 aromatic heterocycles. The van der Waals surface area contributed by atoms with E-state index in [4.69, 9.17) is 0 Å². The molecule has 1 N–H and O–H groups in total. The topological polar surface area (TPSA) is 110 Å². The van der Waals surface area contributed by atoms with E-state index in [9.17, 15) is 14.4 Å². The highest BCUT2D eigenvalue weighted by molar-refractivity contribution is 7.99. The van der Waals surface area contributed by atoms with Crippen molar-refractivity contribution >= 4 is 29.5 Å². The summed E-state index contributed by atoms with van der Waals surface area (Å²) in [6, 6.07) is 5.97. The molecule has 9 nitrogen and oxygen atoms in total. The molecule has 0 atom stereocenters. The van der Waals surface area contributed by atoms with Gasteiger partial charge in [0.05, 0.1) is 11.4 Å². The molecule has 3 amide bonds. The van der Waals surface area contributed by atoms with E-state index < -0.39 is 11.4 Å². The average Bonchev–Trinajstić information content (AvgIpc) is 3.18. The number of tetrazole rings is 1. The number of hydrogen-bond donors (Lipinski definition) is 1. The van der Waals surface area contributed by atoms with Gasteiger partial charge in [-0.2, -0.15) is 4.68 Å². The van der Waals surface area contributed by atoms with Gasteiger partial charge in [-0.25, -0.2) is 0 Å². The summed E-state index contributed by atoms with van der Waals surface area (Å²) in [5.74, 6) is -0.986. The lowest BCUT2D eigenvalue weighted by atomic mass is 9.78. The summed E-state index contributed by atoms with van der Waals surface area (Å²) in [5, 5.41) is 14.8. The molecule has 2 fully saturated rings. The molecule has 0 bridgehead atoms. The Bertz CT molecular complexity index is 998. The number of carbonyl (C=O) groups is 3. The van der Waals surface area contributed by atoms with Crippen molar-refractivity contribution in [3.8, 4) is 5.69 Å². The largest absolute Gasteiger partial charge is 0.318 e. The fourth-order valence-corrected chi connectivity index (χ4v) is 5.09. The van der Waals surface area contributed by atoms with Gasteiger partial charge < -0.3 is 4.90 Å². The molecule has 30 heavy (non-hydrogen) atoms. The lowest BCUT2D eigenvalue weighted by molar-refractivity contribution is -0.158. The molecule has 1 spiro atoms. The van der Waals surface area contributed by atoms with Gasteiger partial charge in [-0.15, -0.1) is 5.10 Å². The van der Waals surface area contributed by atoms with E-state index in [0.29, 0.717) is 18.0 Å². The minimum Gasteiger partial charge on any atom is -0.318 e. The molecule has 2 aliphatic rings. The zero-order valence-electron chi connectivity index (χ0n) is 17.1. The molecule has 10 heteroatoms. The molecule has 158 valence electrons. The molecule has 1 saturated heterocycles. The van der Waals surface area contributed by atoms with Crippen LogP contribution in [0, 0.1) is 13.8 Å². The van der Waals surface area contributed by atoms with Crippen molar-refractivity contribution in [2.45, 2.75) is 56.6 Å². The number of carbonyl (C=O) groups excluding carboxylic acids is 3. The van der Waals surface area contributed by atoms with Crippen molar-refractivity contribution in [1.82, 2.24) is 30.4 Å². The highest BCUT2D eigenvalue weighted by Gasteiger charge is 2.50. The van der Waals surface area contributed by atoms with Crippen LogP contribution in [0.1, 0.15) is 43.2 Å². The second kappa shape index (κ2) is 8.17. The Labute approximate surface area is 178 Å². The minimum atomic E-state index is -0.913. The molecule has 1 aliphatic heterocycles. The molecule has 2 aromatic rings. The molecule has 4 rings (SSSR count). The van der Waals surface area contributed by atoms with Gasteiger partial charge in [0.2, 0.25) is 17.0 Å². The Kier molecular flexibility index (Phi) is 5.59. The van der Waals surface area contributed by atoms with Crippen LogP contribution in [-0.2, 0) is 14.4 Å². The monoisotopic (exact) mass is 428 g/mol. The highest BCUT2D eigenvalue weighted by atomic mass is 32.2. The summed E-state index contributed by atoms with van der Waals surface area (Å²) >= 11 is 1.21. The minimum absolute atomic E-state index is 0.0492. The summed E-state index contributed by atoms with van der Waals surface area (Å²) in [4.78, 5) is 39.2. The summed E-state index contributed by atoms with van der Waals surface area (Å²) in [7, 11) is 0. The van der Waals surface area contributed by atoms with Crippen LogP contribution >= 0.6 is 11.8 Å². The lowest BCUT2D eigenvalue weighted by Crippen LogP contribution is -2.69.